The summed E-state index contributed by atoms with van der Waals surface area (Å²) in [6.07, 6.45) is 2.69. The van der Waals surface area contributed by atoms with Crippen molar-refractivity contribution in [3.63, 3.8) is 0 Å². The van der Waals surface area contributed by atoms with E-state index in [1.54, 1.807) is 45.0 Å². The zero-order chi connectivity index (χ0) is 18.0. The molecule has 1 amide bonds. The van der Waals surface area contributed by atoms with Gasteiger partial charge in [-0.15, -0.1) is 0 Å². The molecule has 24 heavy (non-hydrogen) atoms. The monoisotopic (exact) mass is 353 g/mol. The number of nitrogens with one attached hydrogen (secondary N) is 2. The summed E-state index contributed by atoms with van der Waals surface area (Å²) in [6, 6.07) is 6.99. The number of rotatable bonds is 4. The molecule has 0 saturated heterocycles. The maximum atomic E-state index is 12.3. The number of nitrogens with two attached hydrogens (primary N) is 1. The molecular weight excluding hydrogens is 326 g/mol. The Morgan fingerprint density at radius 3 is 2.33 bits per heavy atom. The number of sulfonamides is 1. The van der Waals surface area contributed by atoms with E-state index < -0.39 is 14.8 Å². The highest BCUT2D eigenvalue weighted by Gasteiger charge is 2.34. The predicted molar refractivity (Wildman–Crippen MR) is 97.0 cm³/mol. The summed E-state index contributed by atoms with van der Waals surface area (Å²) in [7, 11) is -3.35. The summed E-state index contributed by atoms with van der Waals surface area (Å²) in [5.74, 6) is -0.125. The lowest BCUT2D eigenvalue weighted by Crippen LogP contribution is -2.46. The Morgan fingerprint density at radius 2 is 1.79 bits per heavy atom. The van der Waals surface area contributed by atoms with Crippen LogP contribution in [0.2, 0.25) is 0 Å². The molecule has 0 spiro atoms. The first-order valence-corrected chi connectivity index (χ1v) is 9.75. The van der Waals surface area contributed by atoms with Crippen molar-refractivity contribution < 1.29 is 13.2 Å². The Hall–Kier alpha value is -1.60. The second-order valence-electron chi connectivity index (χ2n) is 7.40. The van der Waals surface area contributed by atoms with Crippen molar-refractivity contribution in [1.82, 2.24) is 4.72 Å². The number of amides is 1. The first-order chi connectivity index (χ1) is 11.1. The van der Waals surface area contributed by atoms with Crippen molar-refractivity contribution in [2.45, 2.75) is 57.2 Å². The van der Waals surface area contributed by atoms with Gasteiger partial charge in [-0.3, -0.25) is 4.79 Å². The van der Waals surface area contributed by atoms with Gasteiger partial charge < -0.3 is 11.1 Å². The van der Waals surface area contributed by atoms with Crippen LogP contribution in [0.1, 0.15) is 46.5 Å². The molecule has 134 valence electrons. The molecule has 1 aliphatic rings. The van der Waals surface area contributed by atoms with E-state index in [9.17, 15) is 13.2 Å². The standard InChI is InChI=1S/C17H27N3O3S/c1-17(2,3)24(22,23)20-14-9-7-12(8-10-14)16(21)19-15-6-4-5-13(18)11-15/h4-6,11-12,14,20H,7-10,18H2,1-3H3,(H,19,21). The summed E-state index contributed by atoms with van der Waals surface area (Å²) in [5.41, 5.74) is 7.00. The second-order valence-corrected chi connectivity index (χ2v) is 9.86. The number of carbonyl (C=O) groups excluding carboxylic acids is 1. The van der Waals surface area contributed by atoms with Crippen LogP contribution in [0.4, 0.5) is 11.4 Å². The third-order valence-corrected chi connectivity index (χ3v) is 6.64. The van der Waals surface area contributed by atoms with Crippen molar-refractivity contribution in [3.05, 3.63) is 24.3 Å². The fourth-order valence-electron chi connectivity index (χ4n) is 2.73. The van der Waals surface area contributed by atoms with Crippen molar-refractivity contribution in [3.8, 4) is 0 Å². The second kappa shape index (κ2) is 7.11. The predicted octanol–water partition coefficient (Wildman–Crippen LogP) is 2.48. The first-order valence-electron chi connectivity index (χ1n) is 8.27. The molecule has 1 fully saturated rings. The minimum Gasteiger partial charge on any atom is -0.399 e. The lowest BCUT2D eigenvalue weighted by atomic mass is 9.86. The topological polar surface area (TPSA) is 101 Å². The van der Waals surface area contributed by atoms with E-state index in [-0.39, 0.29) is 17.9 Å². The molecule has 0 atom stereocenters. The molecule has 0 bridgehead atoms. The molecule has 0 radical (unpaired) electrons. The number of hydrogen-bond donors (Lipinski definition) is 3. The van der Waals surface area contributed by atoms with Crippen LogP contribution in [0, 0.1) is 5.92 Å². The largest absolute Gasteiger partial charge is 0.399 e. The molecule has 1 saturated carbocycles. The fraction of sp³-hybridized carbons (Fsp3) is 0.588. The smallest absolute Gasteiger partial charge is 0.227 e. The van der Waals surface area contributed by atoms with Gasteiger partial charge >= 0.3 is 0 Å². The summed E-state index contributed by atoms with van der Waals surface area (Å²) in [6.45, 7) is 5.04. The Kier molecular flexibility index (Phi) is 5.55. The van der Waals surface area contributed by atoms with Gasteiger partial charge in [-0.25, -0.2) is 13.1 Å². The lowest BCUT2D eigenvalue weighted by Gasteiger charge is -2.30. The van der Waals surface area contributed by atoms with E-state index in [1.807, 2.05) is 0 Å². The van der Waals surface area contributed by atoms with Crippen molar-refractivity contribution >= 4 is 27.3 Å². The van der Waals surface area contributed by atoms with Crippen LogP contribution in [-0.2, 0) is 14.8 Å². The molecule has 1 aromatic rings. The Morgan fingerprint density at radius 1 is 1.17 bits per heavy atom. The third-order valence-electron chi connectivity index (χ3n) is 4.38. The zero-order valence-corrected chi connectivity index (χ0v) is 15.3. The van der Waals surface area contributed by atoms with Crippen molar-refractivity contribution in [1.29, 1.82) is 0 Å². The summed E-state index contributed by atoms with van der Waals surface area (Å²) >= 11 is 0. The van der Waals surface area contributed by atoms with E-state index in [0.29, 0.717) is 37.1 Å². The van der Waals surface area contributed by atoms with E-state index in [0.717, 1.165) is 0 Å². The average Bonchev–Trinajstić information content (AvgIpc) is 2.46. The minimum atomic E-state index is -3.35. The number of hydrogen-bond acceptors (Lipinski definition) is 4. The van der Waals surface area contributed by atoms with Gasteiger partial charge in [0, 0.05) is 23.3 Å². The van der Waals surface area contributed by atoms with E-state index in [2.05, 4.69) is 10.0 Å². The number of nitrogen functional groups attached to an aromatic ring is 1. The van der Waals surface area contributed by atoms with Gasteiger partial charge in [0.1, 0.15) is 0 Å². The van der Waals surface area contributed by atoms with Gasteiger partial charge in [0.25, 0.3) is 0 Å². The van der Waals surface area contributed by atoms with Crippen LogP contribution in [0.15, 0.2) is 24.3 Å². The lowest BCUT2D eigenvalue weighted by molar-refractivity contribution is -0.120. The zero-order valence-electron chi connectivity index (χ0n) is 14.5. The molecular formula is C17H27N3O3S. The van der Waals surface area contributed by atoms with Crippen LogP contribution in [0.5, 0.6) is 0 Å². The molecule has 1 aliphatic carbocycles. The quantitative estimate of drug-likeness (QED) is 0.724. The number of benzene rings is 1. The Labute approximate surface area is 144 Å². The van der Waals surface area contributed by atoms with Gasteiger partial charge in [0.2, 0.25) is 15.9 Å². The fourth-order valence-corrected chi connectivity index (χ4v) is 3.76. The molecule has 6 nitrogen and oxygen atoms in total. The highest BCUT2D eigenvalue weighted by atomic mass is 32.2. The molecule has 2 rings (SSSR count). The normalized spacial score (nSPS) is 22.1. The van der Waals surface area contributed by atoms with Crippen LogP contribution >= 0.6 is 0 Å². The Bertz CT molecular complexity index is 687. The molecule has 0 aromatic heterocycles. The van der Waals surface area contributed by atoms with Crippen LogP contribution in [-0.4, -0.2) is 25.1 Å². The number of anilines is 2. The van der Waals surface area contributed by atoms with Gasteiger partial charge in [-0.2, -0.15) is 0 Å². The number of carbonyl (C=O) groups is 1. The highest BCUT2D eigenvalue weighted by Crippen LogP contribution is 2.27. The molecule has 7 heteroatoms. The molecule has 1 aromatic carbocycles. The molecule has 4 N–H and O–H groups in total. The van der Waals surface area contributed by atoms with Gasteiger partial charge in [-0.05, 0) is 64.7 Å². The van der Waals surface area contributed by atoms with E-state index in [4.69, 9.17) is 5.73 Å². The van der Waals surface area contributed by atoms with Gasteiger partial charge in [-0.1, -0.05) is 6.07 Å². The van der Waals surface area contributed by atoms with E-state index >= 15 is 0 Å². The maximum Gasteiger partial charge on any atom is 0.227 e. The molecule has 0 heterocycles. The van der Waals surface area contributed by atoms with E-state index in [1.165, 1.54) is 0 Å². The van der Waals surface area contributed by atoms with Gasteiger partial charge in [0.05, 0.1) is 4.75 Å². The maximum absolute atomic E-state index is 12.3. The molecule has 0 aliphatic heterocycles. The summed E-state index contributed by atoms with van der Waals surface area (Å²) in [5, 5.41) is 2.88. The highest BCUT2D eigenvalue weighted by molar-refractivity contribution is 7.90. The summed E-state index contributed by atoms with van der Waals surface area (Å²) in [4.78, 5) is 12.3. The van der Waals surface area contributed by atoms with Crippen molar-refractivity contribution in [2.75, 3.05) is 11.1 Å². The van der Waals surface area contributed by atoms with Crippen molar-refractivity contribution in [2.24, 2.45) is 5.92 Å². The minimum absolute atomic E-state index is 0.0299. The molecule has 0 unspecified atom stereocenters. The van der Waals surface area contributed by atoms with Crippen LogP contribution < -0.4 is 15.8 Å². The van der Waals surface area contributed by atoms with Gasteiger partial charge in [0.15, 0.2) is 0 Å². The van der Waals surface area contributed by atoms with Crippen LogP contribution in [0.3, 0.4) is 0 Å². The first kappa shape index (κ1) is 18.7. The SMILES string of the molecule is CC(C)(C)S(=O)(=O)NC1CCC(C(=O)Nc2cccc(N)c2)CC1. The van der Waals surface area contributed by atoms with Crippen LogP contribution in [0.25, 0.3) is 0 Å². The average molecular weight is 353 g/mol. The third kappa shape index (κ3) is 4.70. The summed E-state index contributed by atoms with van der Waals surface area (Å²) < 4.78 is 26.4. The Balaban J connectivity index is 1.87.